The number of hydrogen-bond donors (Lipinski definition) is 1. The molecule has 0 spiro atoms. The Hall–Kier alpha value is -1.89. The van der Waals surface area contributed by atoms with Crippen LogP contribution in [0.15, 0.2) is 53.4 Å². The summed E-state index contributed by atoms with van der Waals surface area (Å²) >= 11 is 5.87. The molecule has 144 valence electrons. The predicted molar refractivity (Wildman–Crippen MR) is 107 cm³/mol. The molecule has 1 saturated heterocycles. The maximum absolute atomic E-state index is 13.1. The van der Waals surface area contributed by atoms with Gasteiger partial charge in [0.2, 0.25) is 15.9 Å². The van der Waals surface area contributed by atoms with E-state index in [1.54, 1.807) is 12.1 Å². The van der Waals surface area contributed by atoms with Crippen molar-refractivity contribution in [3.8, 4) is 0 Å². The van der Waals surface area contributed by atoms with Gasteiger partial charge in [-0.25, -0.2) is 8.42 Å². The van der Waals surface area contributed by atoms with Gasteiger partial charge in [0, 0.05) is 17.3 Å². The molecular weight excluding hydrogens is 384 g/mol. The first-order valence-corrected chi connectivity index (χ1v) is 10.9. The summed E-state index contributed by atoms with van der Waals surface area (Å²) in [5, 5.41) is 3.33. The number of nitrogens with zero attached hydrogens (tertiary/aromatic N) is 1. The second-order valence-electron chi connectivity index (χ2n) is 6.62. The number of hydrogen-bond acceptors (Lipinski definition) is 3. The van der Waals surface area contributed by atoms with Crippen LogP contribution < -0.4 is 5.32 Å². The minimum absolute atomic E-state index is 0.152. The zero-order valence-corrected chi connectivity index (χ0v) is 16.8. The Morgan fingerprint density at radius 2 is 1.78 bits per heavy atom. The third kappa shape index (κ3) is 4.51. The number of aryl methyl sites for hydroxylation is 1. The number of benzene rings is 2. The van der Waals surface area contributed by atoms with Crippen LogP contribution in [0.3, 0.4) is 0 Å². The van der Waals surface area contributed by atoms with E-state index in [-0.39, 0.29) is 10.8 Å². The van der Waals surface area contributed by atoms with E-state index >= 15 is 0 Å². The Labute approximate surface area is 165 Å². The molecule has 1 heterocycles. The van der Waals surface area contributed by atoms with Crippen molar-refractivity contribution in [3.63, 3.8) is 0 Å². The highest BCUT2D eigenvalue weighted by Gasteiger charge is 2.37. The van der Waals surface area contributed by atoms with E-state index in [2.05, 4.69) is 12.2 Å². The molecule has 0 bridgehead atoms. The maximum atomic E-state index is 13.1. The summed E-state index contributed by atoms with van der Waals surface area (Å²) in [6.07, 6.45) is 2.98. The molecule has 1 fully saturated rings. The summed E-state index contributed by atoms with van der Waals surface area (Å²) in [5.41, 5.74) is 1.85. The molecule has 0 aromatic heterocycles. The average molecular weight is 407 g/mol. The molecule has 0 saturated carbocycles. The van der Waals surface area contributed by atoms with Crippen molar-refractivity contribution < 1.29 is 13.2 Å². The van der Waals surface area contributed by atoms with Crippen LogP contribution in [-0.4, -0.2) is 31.2 Å². The fourth-order valence-electron chi connectivity index (χ4n) is 3.25. The van der Waals surface area contributed by atoms with Gasteiger partial charge in [0.25, 0.3) is 0 Å². The van der Waals surface area contributed by atoms with Gasteiger partial charge in [-0.3, -0.25) is 4.79 Å². The van der Waals surface area contributed by atoms with Crippen LogP contribution in [0, 0.1) is 0 Å². The number of carbonyl (C=O) groups is 1. The number of carbonyl (C=O) groups excluding carboxylic acids is 1. The molecule has 2 aromatic rings. The van der Waals surface area contributed by atoms with Gasteiger partial charge in [-0.05, 0) is 61.2 Å². The third-order valence-electron chi connectivity index (χ3n) is 4.81. The molecule has 7 heteroatoms. The first kappa shape index (κ1) is 19.9. The van der Waals surface area contributed by atoms with Crippen molar-refractivity contribution in [1.29, 1.82) is 0 Å². The van der Waals surface area contributed by atoms with Gasteiger partial charge in [0.1, 0.15) is 6.04 Å². The molecule has 3 rings (SSSR count). The minimum atomic E-state index is -3.76. The maximum Gasteiger partial charge on any atom is 0.243 e. The van der Waals surface area contributed by atoms with E-state index in [0.717, 1.165) is 19.3 Å². The molecule has 2 aromatic carbocycles. The molecule has 1 amide bonds. The highest BCUT2D eigenvalue weighted by Crippen LogP contribution is 2.27. The van der Waals surface area contributed by atoms with Crippen LogP contribution >= 0.6 is 11.6 Å². The van der Waals surface area contributed by atoms with E-state index < -0.39 is 16.1 Å². The van der Waals surface area contributed by atoms with Gasteiger partial charge in [-0.2, -0.15) is 4.31 Å². The quantitative estimate of drug-likeness (QED) is 0.813. The predicted octanol–water partition coefficient (Wildman–Crippen LogP) is 4.08. The van der Waals surface area contributed by atoms with Crippen molar-refractivity contribution in [3.05, 3.63) is 59.1 Å². The van der Waals surface area contributed by atoms with Gasteiger partial charge >= 0.3 is 0 Å². The lowest BCUT2D eigenvalue weighted by Gasteiger charge is -2.33. The zero-order valence-electron chi connectivity index (χ0n) is 15.2. The minimum Gasteiger partial charge on any atom is -0.325 e. The number of nitrogens with one attached hydrogen (secondary N) is 1. The standard InChI is InChI=1S/C20H23ClN2O3S/c1-2-15-6-10-17(11-7-15)22-20(24)19-5-3-4-14-23(19)27(25,26)18-12-8-16(21)9-13-18/h6-13,19H,2-5,14H2,1H3,(H,22,24)/t19-/m1/s1. The van der Waals surface area contributed by atoms with Crippen LogP contribution in [0.2, 0.25) is 5.02 Å². The van der Waals surface area contributed by atoms with Crippen molar-refractivity contribution in [1.82, 2.24) is 4.31 Å². The average Bonchev–Trinajstić information content (AvgIpc) is 2.69. The summed E-state index contributed by atoms with van der Waals surface area (Å²) in [6.45, 7) is 2.40. The summed E-state index contributed by atoms with van der Waals surface area (Å²) in [7, 11) is -3.76. The number of anilines is 1. The van der Waals surface area contributed by atoms with E-state index in [4.69, 9.17) is 11.6 Å². The van der Waals surface area contributed by atoms with E-state index in [9.17, 15) is 13.2 Å². The first-order valence-electron chi connectivity index (χ1n) is 9.09. The highest BCUT2D eigenvalue weighted by molar-refractivity contribution is 7.89. The fraction of sp³-hybridized carbons (Fsp3) is 0.350. The Morgan fingerprint density at radius 1 is 1.11 bits per heavy atom. The van der Waals surface area contributed by atoms with Crippen molar-refractivity contribution in [2.75, 3.05) is 11.9 Å². The van der Waals surface area contributed by atoms with Crippen LogP contribution in [0.1, 0.15) is 31.7 Å². The van der Waals surface area contributed by atoms with Crippen LogP contribution in [0.4, 0.5) is 5.69 Å². The second kappa shape index (κ2) is 8.42. The Bertz CT molecular complexity index is 896. The molecule has 1 aliphatic heterocycles. The lowest BCUT2D eigenvalue weighted by molar-refractivity contribution is -0.120. The molecule has 0 aliphatic carbocycles. The molecule has 5 nitrogen and oxygen atoms in total. The third-order valence-corrected chi connectivity index (χ3v) is 6.98. The summed E-state index contributed by atoms with van der Waals surface area (Å²) in [5.74, 6) is -0.295. The molecular formula is C20H23ClN2O3S. The fourth-order valence-corrected chi connectivity index (χ4v) is 5.03. The smallest absolute Gasteiger partial charge is 0.243 e. The van der Waals surface area contributed by atoms with Gasteiger partial charge in [0.05, 0.1) is 4.90 Å². The molecule has 1 N–H and O–H groups in total. The molecule has 1 aliphatic rings. The molecule has 0 radical (unpaired) electrons. The van der Waals surface area contributed by atoms with E-state index in [1.807, 2.05) is 24.3 Å². The number of rotatable bonds is 5. The van der Waals surface area contributed by atoms with Crippen molar-refractivity contribution in [2.45, 2.75) is 43.5 Å². The van der Waals surface area contributed by atoms with Gasteiger partial charge < -0.3 is 5.32 Å². The normalized spacial score (nSPS) is 18.2. The number of amides is 1. The topological polar surface area (TPSA) is 66.5 Å². The SMILES string of the molecule is CCc1ccc(NC(=O)[C@H]2CCCCN2S(=O)(=O)c2ccc(Cl)cc2)cc1. The lowest BCUT2D eigenvalue weighted by Crippen LogP contribution is -2.49. The monoisotopic (exact) mass is 406 g/mol. The summed E-state index contributed by atoms with van der Waals surface area (Å²) in [6, 6.07) is 12.9. The van der Waals surface area contributed by atoms with Crippen LogP contribution in [-0.2, 0) is 21.2 Å². The Morgan fingerprint density at radius 3 is 2.41 bits per heavy atom. The van der Waals surface area contributed by atoms with Crippen molar-refractivity contribution in [2.24, 2.45) is 0 Å². The summed E-state index contributed by atoms with van der Waals surface area (Å²) < 4.78 is 27.4. The number of sulfonamides is 1. The highest BCUT2D eigenvalue weighted by atomic mass is 35.5. The lowest BCUT2D eigenvalue weighted by atomic mass is 10.0. The summed E-state index contributed by atoms with van der Waals surface area (Å²) in [4.78, 5) is 13.0. The van der Waals surface area contributed by atoms with Gasteiger partial charge in [-0.1, -0.05) is 37.1 Å². The number of piperidine rings is 1. The van der Waals surface area contributed by atoms with Crippen LogP contribution in [0.25, 0.3) is 0 Å². The largest absolute Gasteiger partial charge is 0.325 e. The zero-order chi connectivity index (χ0) is 19.4. The second-order valence-corrected chi connectivity index (χ2v) is 8.95. The Kier molecular flexibility index (Phi) is 6.19. The number of halogens is 1. The molecule has 0 unspecified atom stereocenters. The first-order chi connectivity index (χ1) is 12.9. The van der Waals surface area contributed by atoms with E-state index in [1.165, 1.54) is 22.0 Å². The van der Waals surface area contributed by atoms with Gasteiger partial charge in [0.15, 0.2) is 0 Å². The van der Waals surface area contributed by atoms with Gasteiger partial charge in [-0.15, -0.1) is 0 Å². The van der Waals surface area contributed by atoms with E-state index in [0.29, 0.717) is 23.7 Å². The molecule has 1 atom stereocenters. The molecule has 27 heavy (non-hydrogen) atoms. The Balaban J connectivity index is 1.81. The van der Waals surface area contributed by atoms with Crippen LogP contribution in [0.5, 0.6) is 0 Å². The van der Waals surface area contributed by atoms with Crippen molar-refractivity contribution >= 4 is 33.2 Å².